The van der Waals surface area contributed by atoms with Gasteiger partial charge in [0.15, 0.2) is 0 Å². The summed E-state index contributed by atoms with van der Waals surface area (Å²) in [6.07, 6.45) is 3.07. The van der Waals surface area contributed by atoms with E-state index < -0.39 is 5.43 Å². The Morgan fingerprint density at radius 1 is 1.50 bits per heavy atom. The van der Waals surface area contributed by atoms with E-state index in [9.17, 15) is 4.79 Å². The molecule has 0 N–H and O–H groups in total. The Hall–Kier alpha value is -0.280. The van der Waals surface area contributed by atoms with Crippen LogP contribution in [-0.2, 0) is 9.78 Å². The average Bonchev–Trinajstić information content (AvgIpc) is 1.87. The predicted octanol–water partition coefficient (Wildman–Crippen LogP) is 2.48. The van der Waals surface area contributed by atoms with Gasteiger partial charge in [0.2, 0.25) is 0 Å². The largest absolute Gasteiger partial charge is 0.435 e. The minimum atomic E-state index is -0.920. The minimum Gasteiger partial charge on any atom is -0.280 e. The molecule has 60 valence electrons. The Balaban J connectivity index is 2.84. The molecule has 0 heterocycles. The fraction of sp³-hybridized carbons (Fsp3) is 0.833. The van der Waals surface area contributed by atoms with Gasteiger partial charge in [0.05, 0.1) is 6.61 Å². The summed E-state index contributed by atoms with van der Waals surface area (Å²) in [4.78, 5) is 18.3. The molecule has 0 saturated carbocycles. The summed E-state index contributed by atoms with van der Waals surface area (Å²) in [7, 11) is 0. The van der Waals surface area contributed by atoms with Crippen molar-refractivity contribution >= 4 is 17.0 Å². The highest BCUT2D eigenvalue weighted by atomic mass is 35.5. The van der Waals surface area contributed by atoms with Crippen molar-refractivity contribution in [3.05, 3.63) is 0 Å². The molecule has 0 rings (SSSR count). The third-order valence-corrected chi connectivity index (χ3v) is 1.02. The van der Waals surface area contributed by atoms with Gasteiger partial charge in [0, 0.05) is 11.6 Å². The molecule has 0 aliphatic heterocycles. The maximum Gasteiger partial charge on any atom is 0.435 e. The number of rotatable bonds is 5. The molecule has 0 atom stereocenters. The van der Waals surface area contributed by atoms with Crippen molar-refractivity contribution in [2.75, 3.05) is 6.61 Å². The van der Waals surface area contributed by atoms with Crippen molar-refractivity contribution in [1.82, 2.24) is 0 Å². The van der Waals surface area contributed by atoms with E-state index in [1.165, 1.54) is 0 Å². The van der Waals surface area contributed by atoms with E-state index in [1.54, 1.807) is 0 Å². The lowest BCUT2D eigenvalue weighted by atomic mass is 10.3. The zero-order valence-electron chi connectivity index (χ0n) is 5.93. The predicted molar refractivity (Wildman–Crippen MR) is 37.8 cm³/mol. The first kappa shape index (κ1) is 9.72. The lowest BCUT2D eigenvalue weighted by Gasteiger charge is -1.97. The van der Waals surface area contributed by atoms with Crippen molar-refractivity contribution in [1.29, 1.82) is 0 Å². The SMILES string of the molecule is CCCCCOOC(=O)Cl. The molecule has 0 radical (unpaired) electrons. The second-order valence-electron chi connectivity index (χ2n) is 1.85. The van der Waals surface area contributed by atoms with Gasteiger partial charge in [-0.05, 0) is 6.42 Å². The Bertz CT molecular complexity index is 95.0. The molecule has 0 bridgehead atoms. The highest BCUT2D eigenvalue weighted by Gasteiger charge is 1.94. The normalized spacial score (nSPS) is 9.40. The van der Waals surface area contributed by atoms with Crippen LogP contribution in [0, 0.1) is 0 Å². The molecule has 0 saturated heterocycles. The van der Waals surface area contributed by atoms with Crippen LogP contribution in [0.25, 0.3) is 0 Å². The molecular formula is C6H11ClO3. The summed E-state index contributed by atoms with van der Waals surface area (Å²) >= 11 is 4.80. The topological polar surface area (TPSA) is 35.5 Å². The van der Waals surface area contributed by atoms with Gasteiger partial charge in [0.1, 0.15) is 0 Å². The number of carbonyl (C=O) groups excluding carboxylic acids is 1. The third kappa shape index (κ3) is 7.72. The lowest BCUT2D eigenvalue weighted by molar-refractivity contribution is -0.231. The van der Waals surface area contributed by atoms with Crippen LogP contribution in [0.2, 0.25) is 0 Å². The summed E-state index contributed by atoms with van der Waals surface area (Å²) in [6, 6.07) is 0. The van der Waals surface area contributed by atoms with Gasteiger partial charge in [-0.25, -0.2) is 4.79 Å². The van der Waals surface area contributed by atoms with E-state index in [2.05, 4.69) is 16.7 Å². The Labute approximate surface area is 65.2 Å². The molecule has 0 aliphatic carbocycles. The van der Waals surface area contributed by atoms with Crippen molar-refractivity contribution < 1.29 is 14.6 Å². The molecule has 4 heteroatoms. The number of hydrogen-bond donors (Lipinski definition) is 0. The van der Waals surface area contributed by atoms with Gasteiger partial charge in [-0.15, -0.1) is 0 Å². The highest BCUT2D eigenvalue weighted by molar-refractivity contribution is 6.61. The number of carbonyl (C=O) groups is 1. The first-order valence-electron chi connectivity index (χ1n) is 3.26. The summed E-state index contributed by atoms with van der Waals surface area (Å²) in [5.74, 6) is 0. The van der Waals surface area contributed by atoms with Gasteiger partial charge in [-0.3, -0.25) is 4.89 Å². The number of hydrogen-bond acceptors (Lipinski definition) is 3. The smallest absolute Gasteiger partial charge is 0.280 e. The maximum absolute atomic E-state index is 9.89. The fourth-order valence-corrected chi connectivity index (χ4v) is 0.544. The summed E-state index contributed by atoms with van der Waals surface area (Å²) in [6.45, 7) is 2.50. The molecule has 0 unspecified atom stereocenters. The first-order valence-corrected chi connectivity index (χ1v) is 3.64. The summed E-state index contributed by atoms with van der Waals surface area (Å²) in [5.41, 5.74) is -0.920. The van der Waals surface area contributed by atoms with Crippen LogP contribution in [0.4, 0.5) is 4.79 Å². The first-order chi connectivity index (χ1) is 4.77. The van der Waals surface area contributed by atoms with Crippen LogP contribution in [-0.4, -0.2) is 12.0 Å². The van der Waals surface area contributed by atoms with Gasteiger partial charge >= 0.3 is 5.43 Å². The zero-order valence-corrected chi connectivity index (χ0v) is 6.69. The third-order valence-electron chi connectivity index (χ3n) is 0.956. The van der Waals surface area contributed by atoms with E-state index >= 15 is 0 Å². The maximum atomic E-state index is 9.89. The van der Waals surface area contributed by atoms with Crippen molar-refractivity contribution in [3.63, 3.8) is 0 Å². The van der Waals surface area contributed by atoms with E-state index in [-0.39, 0.29) is 0 Å². The van der Waals surface area contributed by atoms with E-state index in [1.807, 2.05) is 0 Å². The van der Waals surface area contributed by atoms with Crippen molar-refractivity contribution in [2.24, 2.45) is 0 Å². The van der Waals surface area contributed by atoms with Gasteiger partial charge < -0.3 is 0 Å². The summed E-state index contributed by atoms with van der Waals surface area (Å²) in [5, 5.41) is 0. The molecule has 10 heavy (non-hydrogen) atoms. The molecule has 0 aromatic heterocycles. The molecule has 0 fully saturated rings. The van der Waals surface area contributed by atoms with Crippen LogP contribution in [0.15, 0.2) is 0 Å². The standard InChI is InChI=1S/C6H11ClO3/c1-2-3-4-5-9-10-6(7)8/h2-5H2,1H3. The van der Waals surface area contributed by atoms with Crippen LogP contribution in [0.5, 0.6) is 0 Å². The second kappa shape index (κ2) is 6.83. The monoisotopic (exact) mass is 166 g/mol. The highest BCUT2D eigenvalue weighted by Crippen LogP contribution is 1.95. The Morgan fingerprint density at radius 3 is 2.70 bits per heavy atom. The minimum absolute atomic E-state index is 0.423. The van der Waals surface area contributed by atoms with Crippen LogP contribution in [0.3, 0.4) is 0 Å². The number of unbranched alkanes of at least 4 members (excludes halogenated alkanes) is 2. The lowest BCUT2D eigenvalue weighted by Crippen LogP contribution is -1.97. The molecule has 3 nitrogen and oxygen atoms in total. The quantitative estimate of drug-likeness (QED) is 0.273. The fourth-order valence-electron chi connectivity index (χ4n) is 0.499. The molecule has 0 aromatic carbocycles. The Morgan fingerprint density at radius 2 is 2.20 bits per heavy atom. The number of halogens is 1. The van der Waals surface area contributed by atoms with Gasteiger partial charge in [-0.1, -0.05) is 19.8 Å². The zero-order chi connectivity index (χ0) is 7.82. The molecule has 0 aromatic rings. The van der Waals surface area contributed by atoms with Crippen molar-refractivity contribution in [3.8, 4) is 0 Å². The van der Waals surface area contributed by atoms with Crippen LogP contribution < -0.4 is 0 Å². The average molecular weight is 167 g/mol. The van der Waals surface area contributed by atoms with Gasteiger partial charge in [-0.2, -0.15) is 4.89 Å². The summed E-state index contributed by atoms with van der Waals surface area (Å²) < 4.78 is 0. The molecule has 0 aliphatic rings. The molecule has 0 spiro atoms. The van der Waals surface area contributed by atoms with Crippen LogP contribution >= 0.6 is 11.6 Å². The van der Waals surface area contributed by atoms with E-state index in [0.29, 0.717) is 6.61 Å². The second-order valence-corrected chi connectivity index (χ2v) is 2.16. The molecular weight excluding hydrogens is 156 g/mol. The van der Waals surface area contributed by atoms with Gasteiger partial charge in [0.25, 0.3) is 0 Å². The van der Waals surface area contributed by atoms with E-state index in [0.717, 1.165) is 19.3 Å². The van der Waals surface area contributed by atoms with E-state index in [4.69, 9.17) is 11.6 Å². The van der Waals surface area contributed by atoms with Crippen LogP contribution in [0.1, 0.15) is 26.2 Å². The van der Waals surface area contributed by atoms with Crippen molar-refractivity contribution in [2.45, 2.75) is 26.2 Å². The molecule has 0 amide bonds. The Kier molecular flexibility index (Phi) is 6.64.